The van der Waals surface area contributed by atoms with E-state index in [-0.39, 0.29) is 6.61 Å². The average Bonchev–Trinajstić information content (AvgIpc) is 2.08. The SMILES string of the molecule is C[C@]12CC3CC(NCCO)(C1)C[C@@](C)(C3)C2. The van der Waals surface area contributed by atoms with Crippen LogP contribution < -0.4 is 5.32 Å². The molecule has 2 nitrogen and oxygen atoms in total. The van der Waals surface area contributed by atoms with Gasteiger partial charge in [-0.25, -0.2) is 0 Å². The van der Waals surface area contributed by atoms with E-state index in [4.69, 9.17) is 5.11 Å². The van der Waals surface area contributed by atoms with E-state index in [0.717, 1.165) is 12.5 Å². The van der Waals surface area contributed by atoms with Crippen molar-refractivity contribution in [3.8, 4) is 0 Å². The molecule has 4 aliphatic carbocycles. The monoisotopic (exact) mass is 223 g/mol. The molecule has 0 radical (unpaired) electrons. The molecule has 2 unspecified atom stereocenters. The molecular weight excluding hydrogens is 198 g/mol. The zero-order valence-electron chi connectivity index (χ0n) is 10.7. The maximum Gasteiger partial charge on any atom is 0.0556 e. The lowest BCUT2D eigenvalue weighted by molar-refractivity contribution is -0.118. The molecule has 2 N–H and O–H groups in total. The number of aliphatic hydroxyl groups excluding tert-OH is 1. The van der Waals surface area contributed by atoms with Crippen LogP contribution >= 0.6 is 0 Å². The number of hydrogen-bond acceptors (Lipinski definition) is 2. The molecule has 4 saturated carbocycles. The van der Waals surface area contributed by atoms with E-state index in [1.54, 1.807) is 0 Å². The minimum absolute atomic E-state index is 0.278. The van der Waals surface area contributed by atoms with Gasteiger partial charge in [0.25, 0.3) is 0 Å². The summed E-state index contributed by atoms with van der Waals surface area (Å²) in [6.45, 7) is 6.04. The van der Waals surface area contributed by atoms with E-state index in [1.165, 1.54) is 38.5 Å². The van der Waals surface area contributed by atoms with Gasteiger partial charge in [-0.1, -0.05) is 13.8 Å². The molecule has 16 heavy (non-hydrogen) atoms. The number of nitrogens with one attached hydrogen (secondary N) is 1. The van der Waals surface area contributed by atoms with Gasteiger partial charge >= 0.3 is 0 Å². The van der Waals surface area contributed by atoms with Crippen LogP contribution in [0.15, 0.2) is 0 Å². The third kappa shape index (κ3) is 1.62. The lowest BCUT2D eigenvalue weighted by Crippen LogP contribution is -2.64. The molecule has 4 rings (SSSR count). The van der Waals surface area contributed by atoms with E-state index in [2.05, 4.69) is 19.2 Å². The third-order valence-electron chi connectivity index (χ3n) is 5.24. The Morgan fingerprint density at radius 1 is 1.06 bits per heavy atom. The molecule has 0 spiro atoms. The Morgan fingerprint density at radius 3 is 2.19 bits per heavy atom. The minimum atomic E-state index is 0.278. The Hall–Kier alpha value is -0.0800. The third-order valence-corrected chi connectivity index (χ3v) is 5.24. The van der Waals surface area contributed by atoms with Crippen LogP contribution in [0.3, 0.4) is 0 Å². The van der Waals surface area contributed by atoms with Crippen molar-refractivity contribution in [2.45, 2.75) is 57.9 Å². The molecule has 0 saturated heterocycles. The summed E-state index contributed by atoms with van der Waals surface area (Å²) in [5.41, 5.74) is 1.53. The van der Waals surface area contributed by atoms with Crippen molar-refractivity contribution in [2.75, 3.05) is 13.2 Å². The summed E-state index contributed by atoms with van der Waals surface area (Å²) in [4.78, 5) is 0. The lowest BCUT2D eigenvalue weighted by atomic mass is 9.43. The second-order valence-electron chi connectivity index (χ2n) is 7.56. The molecule has 0 aliphatic heterocycles. The summed E-state index contributed by atoms with van der Waals surface area (Å²) in [5, 5.41) is 12.7. The standard InChI is InChI=1S/C14H25NO/c1-12-5-11-6-13(2,8-12)10-14(7-11,9-12)15-3-4-16/h11,15-16H,3-10H2,1-2H3/t11?,12-,13+,14?. The fraction of sp³-hybridized carbons (Fsp3) is 1.00. The van der Waals surface area contributed by atoms with Crippen LogP contribution in [0.2, 0.25) is 0 Å². The highest BCUT2D eigenvalue weighted by molar-refractivity contribution is 5.14. The lowest BCUT2D eigenvalue weighted by Gasteiger charge is -2.65. The van der Waals surface area contributed by atoms with Crippen LogP contribution in [0, 0.1) is 16.7 Å². The van der Waals surface area contributed by atoms with Crippen molar-refractivity contribution in [2.24, 2.45) is 16.7 Å². The zero-order chi connectivity index (χ0) is 11.4. The topological polar surface area (TPSA) is 32.3 Å². The van der Waals surface area contributed by atoms with Gasteiger partial charge in [0.05, 0.1) is 6.61 Å². The molecule has 0 aromatic heterocycles. The van der Waals surface area contributed by atoms with Gasteiger partial charge in [-0.15, -0.1) is 0 Å². The smallest absolute Gasteiger partial charge is 0.0556 e. The van der Waals surface area contributed by atoms with E-state index >= 15 is 0 Å². The van der Waals surface area contributed by atoms with Crippen LogP contribution in [-0.2, 0) is 0 Å². The number of β-amino-alcohol motifs (C(OH)–C–C–N with tert-alkyl or cyclic N) is 1. The molecule has 2 heteroatoms. The Morgan fingerprint density at radius 2 is 1.69 bits per heavy atom. The summed E-state index contributed by atoms with van der Waals surface area (Å²) in [6.07, 6.45) is 8.37. The molecule has 0 aromatic rings. The summed E-state index contributed by atoms with van der Waals surface area (Å²) in [6, 6.07) is 0. The first kappa shape index (κ1) is 11.0. The van der Waals surface area contributed by atoms with Crippen molar-refractivity contribution in [1.82, 2.24) is 5.32 Å². The van der Waals surface area contributed by atoms with Crippen LogP contribution in [-0.4, -0.2) is 23.8 Å². The molecule has 0 heterocycles. The quantitative estimate of drug-likeness (QED) is 0.769. The van der Waals surface area contributed by atoms with Gasteiger partial charge in [-0.3, -0.25) is 0 Å². The Labute approximate surface area is 98.8 Å². The van der Waals surface area contributed by atoms with Gasteiger partial charge in [-0.05, 0) is 55.3 Å². The highest BCUT2D eigenvalue weighted by Gasteiger charge is 2.59. The highest BCUT2D eigenvalue weighted by atomic mass is 16.3. The second kappa shape index (κ2) is 3.23. The molecule has 4 atom stereocenters. The fourth-order valence-corrected chi connectivity index (χ4v) is 5.97. The summed E-state index contributed by atoms with van der Waals surface area (Å²) < 4.78 is 0. The number of aliphatic hydroxyl groups is 1. The highest BCUT2D eigenvalue weighted by Crippen LogP contribution is 2.66. The predicted octanol–water partition coefficient (Wildman–Crippen LogP) is 2.32. The van der Waals surface area contributed by atoms with Crippen LogP contribution in [0.5, 0.6) is 0 Å². The first-order chi connectivity index (χ1) is 7.47. The first-order valence-electron chi connectivity index (χ1n) is 6.83. The summed E-state index contributed by atoms with van der Waals surface area (Å²) >= 11 is 0. The number of rotatable bonds is 3. The van der Waals surface area contributed by atoms with E-state index in [1.807, 2.05) is 0 Å². The average molecular weight is 223 g/mol. The second-order valence-corrected chi connectivity index (χ2v) is 7.56. The van der Waals surface area contributed by atoms with Crippen molar-refractivity contribution in [3.63, 3.8) is 0 Å². The van der Waals surface area contributed by atoms with E-state index in [9.17, 15) is 0 Å². The fourth-order valence-electron chi connectivity index (χ4n) is 5.97. The van der Waals surface area contributed by atoms with Gasteiger partial charge in [-0.2, -0.15) is 0 Å². The van der Waals surface area contributed by atoms with Crippen molar-refractivity contribution in [3.05, 3.63) is 0 Å². The molecule has 4 aliphatic rings. The van der Waals surface area contributed by atoms with Crippen molar-refractivity contribution in [1.29, 1.82) is 0 Å². The van der Waals surface area contributed by atoms with Crippen LogP contribution in [0.4, 0.5) is 0 Å². The van der Waals surface area contributed by atoms with Gasteiger partial charge in [0.2, 0.25) is 0 Å². The van der Waals surface area contributed by atoms with Crippen LogP contribution in [0.25, 0.3) is 0 Å². The van der Waals surface area contributed by atoms with Gasteiger partial charge in [0.15, 0.2) is 0 Å². The Balaban J connectivity index is 1.86. The number of hydrogen-bond donors (Lipinski definition) is 2. The van der Waals surface area contributed by atoms with E-state index < -0.39 is 0 Å². The molecule has 0 amide bonds. The minimum Gasteiger partial charge on any atom is -0.395 e. The molecule has 4 bridgehead atoms. The molecule has 4 fully saturated rings. The summed E-state index contributed by atoms with van der Waals surface area (Å²) in [5.74, 6) is 0.942. The Kier molecular flexibility index (Phi) is 2.23. The van der Waals surface area contributed by atoms with Crippen molar-refractivity contribution < 1.29 is 5.11 Å². The van der Waals surface area contributed by atoms with Gasteiger partial charge in [0, 0.05) is 12.1 Å². The van der Waals surface area contributed by atoms with Gasteiger partial charge < -0.3 is 10.4 Å². The zero-order valence-corrected chi connectivity index (χ0v) is 10.7. The normalized spacial score (nSPS) is 54.6. The molecular formula is C14H25NO. The van der Waals surface area contributed by atoms with Gasteiger partial charge in [0.1, 0.15) is 0 Å². The maximum absolute atomic E-state index is 9.03. The van der Waals surface area contributed by atoms with Crippen LogP contribution in [0.1, 0.15) is 52.4 Å². The maximum atomic E-state index is 9.03. The predicted molar refractivity (Wildman–Crippen MR) is 65.2 cm³/mol. The first-order valence-corrected chi connectivity index (χ1v) is 6.83. The molecule has 92 valence electrons. The molecule has 0 aromatic carbocycles. The largest absolute Gasteiger partial charge is 0.395 e. The van der Waals surface area contributed by atoms with Crippen molar-refractivity contribution >= 4 is 0 Å². The Bertz CT molecular complexity index is 283. The van der Waals surface area contributed by atoms with E-state index in [0.29, 0.717) is 16.4 Å². The summed E-state index contributed by atoms with van der Waals surface area (Å²) in [7, 11) is 0.